The van der Waals surface area contributed by atoms with Crippen molar-refractivity contribution in [3.8, 4) is 0 Å². The fraction of sp³-hybridized carbons (Fsp3) is 0.111. The zero-order valence-corrected chi connectivity index (χ0v) is 12.7. The molecule has 0 atom stereocenters. The van der Waals surface area contributed by atoms with Gasteiger partial charge in [0.1, 0.15) is 11.2 Å². The molecule has 2 heterocycles. The largest absolute Gasteiger partial charge is 0.465 e. The molecule has 0 aliphatic heterocycles. The maximum atomic E-state index is 12.9. The van der Waals surface area contributed by atoms with Gasteiger partial charge in [-0.25, -0.2) is 4.79 Å². The lowest BCUT2D eigenvalue weighted by Gasteiger charge is -2.07. The van der Waals surface area contributed by atoms with E-state index in [4.69, 9.17) is 4.74 Å². The van der Waals surface area contributed by atoms with Crippen LogP contribution in [0.3, 0.4) is 0 Å². The summed E-state index contributed by atoms with van der Waals surface area (Å²) in [6, 6.07) is 12.9. The standard InChI is InChI=1S/C18H14N2O3/c1-10-7-8-14-13(9-10)19-16-15(18(22)23-2)11-5-3-4-6-12(11)17(21)20(14)16/h3-9,19H,1-2H3. The molecule has 2 aromatic heterocycles. The number of benzene rings is 2. The number of aromatic amines is 1. The maximum absolute atomic E-state index is 12.9. The Morgan fingerprint density at radius 1 is 1.13 bits per heavy atom. The summed E-state index contributed by atoms with van der Waals surface area (Å²) in [6.45, 7) is 1.98. The second-order valence-corrected chi connectivity index (χ2v) is 5.55. The minimum atomic E-state index is -0.470. The quantitative estimate of drug-likeness (QED) is 0.550. The molecule has 4 rings (SSSR count). The molecule has 0 amide bonds. The van der Waals surface area contributed by atoms with Crippen molar-refractivity contribution in [1.82, 2.24) is 9.38 Å². The van der Waals surface area contributed by atoms with Gasteiger partial charge in [-0.1, -0.05) is 24.3 Å². The second kappa shape index (κ2) is 4.71. The number of hydrogen-bond donors (Lipinski definition) is 1. The Labute approximate surface area is 131 Å². The summed E-state index contributed by atoms with van der Waals surface area (Å²) in [5, 5.41) is 1.08. The number of esters is 1. The third-order valence-electron chi connectivity index (χ3n) is 4.13. The lowest BCUT2D eigenvalue weighted by atomic mass is 10.1. The molecule has 4 aromatic rings. The monoisotopic (exact) mass is 306 g/mol. The first-order chi connectivity index (χ1) is 11.1. The van der Waals surface area contributed by atoms with E-state index in [0.29, 0.717) is 22.0 Å². The summed E-state index contributed by atoms with van der Waals surface area (Å²) in [5.74, 6) is -0.470. The van der Waals surface area contributed by atoms with Crippen molar-refractivity contribution in [3.63, 3.8) is 0 Å². The number of nitrogens with zero attached hydrogens (tertiary/aromatic N) is 1. The Hall–Kier alpha value is -3.08. The van der Waals surface area contributed by atoms with Crippen LogP contribution in [-0.4, -0.2) is 22.5 Å². The number of aryl methyl sites for hydroxylation is 1. The molecule has 114 valence electrons. The molecule has 0 spiro atoms. The molecule has 0 fully saturated rings. The highest BCUT2D eigenvalue weighted by Crippen LogP contribution is 2.25. The van der Waals surface area contributed by atoms with E-state index in [0.717, 1.165) is 16.6 Å². The predicted molar refractivity (Wildman–Crippen MR) is 89.1 cm³/mol. The third-order valence-corrected chi connectivity index (χ3v) is 4.13. The number of pyridine rings is 1. The Bertz CT molecular complexity index is 1150. The molecular formula is C18H14N2O3. The Kier molecular flexibility index (Phi) is 2.78. The van der Waals surface area contributed by atoms with Crippen LogP contribution in [0.4, 0.5) is 0 Å². The van der Waals surface area contributed by atoms with E-state index < -0.39 is 5.97 Å². The minimum Gasteiger partial charge on any atom is -0.465 e. The van der Waals surface area contributed by atoms with E-state index in [1.165, 1.54) is 7.11 Å². The minimum absolute atomic E-state index is 0.154. The van der Waals surface area contributed by atoms with E-state index in [2.05, 4.69) is 4.98 Å². The SMILES string of the molecule is COC(=O)c1c2ccccc2c(=O)n2c1[nH]c1cc(C)ccc12. The van der Waals surface area contributed by atoms with Gasteiger partial charge in [-0.15, -0.1) is 0 Å². The molecule has 0 bridgehead atoms. The highest BCUT2D eigenvalue weighted by atomic mass is 16.5. The number of ether oxygens (including phenoxy) is 1. The average molecular weight is 306 g/mol. The predicted octanol–water partition coefficient (Wildman–Crippen LogP) is 3.03. The van der Waals surface area contributed by atoms with Crippen LogP contribution in [-0.2, 0) is 4.74 Å². The van der Waals surface area contributed by atoms with Crippen LogP contribution in [0.1, 0.15) is 15.9 Å². The van der Waals surface area contributed by atoms with Gasteiger partial charge >= 0.3 is 5.97 Å². The molecule has 0 saturated heterocycles. The fourth-order valence-corrected chi connectivity index (χ4v) is 3.08. The number of hydrogen-bond acceptors (Lipinski definition) is 3. The average Bonchev–Trinajstić information content (AvgIpc) is 2.93. The highest BCUT2D eigenvalue weighted by Gasteiger charge is 2.21. The van der Waals surface area contributed by atoms with Crippen molar-refractivity contribution in [1.29, 1.82) is 0 Å². The smallest absolute Gasteiger partial charge is 0.342 e. The van der Waals surface area contributed by atoms with E-state index in [1.54, 1.807) is 28.7 Å². The van der Waals surface area contributed by atoms with Crippen molar-refractivity contribution < 1.29 is 9.53 Å². The Morgan fingerprint density at radius 2 is 1.87 bits per heavy atom. The molecule has 1 N–H and O–H groups in total. The van der Waals surface area contributed by atoms with Crippen LogP contribution in [0.5, 0.6) is 0 Å². The molecule has 0 aliphatic rings. The summed E-state index contributed by atoms with van der Waals surface area (Å²) >= 11 is 0. The molecule has 5 nitrogen and oxygen atoms in total. The molecule has 0 aliphatic carbocycles. The first-order valence-corrected chi connectivity index (χ1v) is 7.26. The van der Waals surface area contributed by atoms with Crippen LogP contribution >= 0.6 is 0 Å². The van der Waals surface area contributed by atoms with E-state index >= 15 is 0 Å². The summed E-state index contributed by atoms with van der Waals surface area (Å²) in [7, 11) is 1.34. The van der Waals surface area contributed by atoms with E-state index in [9.17, 15) is 9.59 Å². The second-order valence-electron chi connectivity index (χ2n) is 5.55. The molecule has 5 heteroatoms. The van der Waals surface area contributed by atoms with Gasteiger partial charge in [-0.3, -0.25) is 9.20 Å². The van der Waals surface area contributed by atoms with Gasteiger partial charge in [-0.05, 0) is 30.7 Å². The highest BCUT2D eigenvalue weighted by molar-refractivity contribution is 6.10. The number of carbonyl (C=O) groups excluding carboxylic acids is 1. The number of aromatic nitrogens is 2. The molecule has 0 saturated carbocycles. The molecule has 0 unspecified atom stereocenters. The molecular weight excluding hydrogens is 292 g/mol. The van der Waals surface area contributed by atoms with E-state index in [-0.39, 0.29) is 5.56 Å². The van der Waals surface area contributed by atoms with Gasteiger partial charge in [0.15, 0.2) is 0 Å². The molecule has 0 radical (unpaired) electrons. The third kappa shape index (κ3) is 1.80. The summed E-state index contributed by atoms with van der Waals surface area (Å²) in [4.78, 5) is 28.4. The van der Waals surface area contributed by atoms with Crippen molar-refractivity contribution in [2.45, 2.75) is 6.92 Å². The van der Waals surface area contributed by atoms with Gasteiger partial charge in [0, 0.05) is 10.8 Å². The zero-order chi connectivity index (χ0) is 16.1. The van der Waals surface area contributed by atoms with Crippen LogP contribution in [0.25, 0.3) is 27.5 Å². The lowest BCUT2D eigenvalue weighted by molar-refractivity contribution is 0.0604. The number of carbonyl (C=O) groups is 1. The number of methoxy groups -OCH3 is 1. The van der Waals surface area contributed by atoms with Gasteiger partial charge in [0.2, 0.25) is 0 Å². The maximum Gasteiger partial charge on any atom is 0.342 e. The Balaban J connectivity index is 2.35. The summed E-state index contributed by atoms with van der Waals surface area (Å²) in [5.41, 5.74) is 3.30. The normalized spacial score (nSPS) is 11.4. The van der Waals surface area contributed by atoms with Gasteiger partial charge in [-0.2, -0.15) is 0 Å². The van der Waals surface area contributed by atoms with Gasteiger partial charge in [0.25, 0.3) is 5.56 Å². The van der Waals surface area contributed by atoms with Crippen LogP contribution in [0.2, 0.25) is 0 Å². The molecule has 23 heavy (non-hydrogen) atoms. The zero-order valence-electron chi connectivity index (χ0n) is 12.7. The number of nitrogens with one attached hydrogen (secondary N) is 1. The number of imidazole rings is 1. The summed E-state index contributed by atoms with van der Waals surface area (Å²) < 4.78 is 6.48. The van der Waals surface area contributed by atoms with Crippen LogP contribution in [0, 0.1) is 6.92 Å². The first kappa shape index (κ1) is 13.6. The van der Waals surface area contributed by atoms with Crippen molar-refractivity contribution in [3.05, 3.63) is 63.9 Å². The van der Waals surface area contributed by atoms with Crippen molar-refractivity contribution in [2.75, 3.05) is 7.11 Å². The number of H-pyrrole nitrogens is 1. The van der Waals surface area contributed by atoms with E-state index in [1.807, 2.05) is 25.1 Å². The van der Waals surface area contributed by atoms with Crippen LogP contribution < -0.4 is 5.56 Å². The first-order valence-electron chi connectivity index (χ1n) is 7.26. The fourth-order valence-electron chi connectivity index (χ4n) is 3.08. The van der Waals surface area contributed by atoms with Crippen molar-refractivity contribution >= 4 is 33.4 Å². The topological polar surface area (TPSA) is 63.6 Å². The number of rotatable bonds is 1. The summed E-state index contributed by atoms with van der Waals surface area (Å²) in [6.07, 6.45) is 0. The molecule has 2 aromatic carbocycles. The van der Waals surface area contributed by atoms with Crippen molar-refractivity contribution in [2.24, 2.45) is 0 Å². The Morgan fingerprint density at radius 3 is 2.61 bits per heavy atom. The van der Waals surface area contributed by atoms with Crippen LogP contribution in [0.15, 0.2) is 47.3 Å². The van der Waals surface area contributed by atoms with Gasteiger partial charge < -0.3 is 9.72 Å². The lowest BCUT2D eigenvalue weighted by Crippen LogP contribution is -2.17. The van der Waals surface area contributed by atoms with Gasteiger partial charge in [0.05, 0.1) is 18.1 Å². The number of fused-ring (bicyclic) bond motifs is 4.